The van der Waals surface area contributed by atoms with Crippen molar-refractivity contribution in [1.82, 2.24) is 0 Å². The standard InChI is InChI=1S/C18H40OSi2/c1-8-9-10-11-12-13-14-15-16-17-18(19-17,20(2,3)4)21(5,6)7/h17H,8-16H2,1-7H3/t17-/m1/s1. The number of epoxide rings is 1. The van der Waals surface area contributed by atoms with E-state index in [1.54, 1.807) is 0 Å². The monoisotopic (exact) mass is 328 g/mol. The molecule has 3 heteroatoms. The number of hydrogen-bond donors (Lipinski definition) is 0. The molecule has 1 atom stereocenters. The summed E-state index contributed by atoms with van der Waals surface area (Å²) < 4.78 is 6.42. The Kier molecular flexibility index (Phi) is 7.20. The molecule has 0 unspecified atom stereocenters. The maximum Gasteiger partial charge on any atom is 0.0817 e. The van der Waals surface area contributed by atoms with Gasteiger partial charge >= 0.3 is 0 Å². The predicted octanol–water partition coefficient (Wildman–Crippen LogP) is 6.41. The second-order valence-electron chi connectivity index (χ2n) is 9.11. The van der Waals surface area contributed by atoms with E-state index >= 15 is 0 Å². The van der Waals surface area contributed by atoms with Gasteiger partial charge in [-0.1, -0.05) is 97.6 Å². The lowest BCUT2D eigenvalue weighted by molar-refractivity contribution is 0.363. The average Bonchev–Trinajstić information content (AvgIpc) is 3.07. The molecule has 0 N–H and O–H groups in total. The van der Waals surface area contributed by atoms with Crippen LogP contribution in [0.4, 0.5) is 0 Å². The summed E-state index contributed by atoms with van der Waals surface area (Å²) in [5, 5.41) is 0. The van der Waals surface area contributed by atoms with Gasteiger partial charge in [0.15, 0.2) is 0 Å². The van der Waals surface area contributed by atoms with Crippen LogP contribution in [0.15, 0.2) is 0 Å². The Morgan fingerprint density at radius 3 is 1.52 bits per heavy atom. The maximum absolute atomic E-state index is 6.42. The average molecular weight is 329 g/mol. The normalized spacial score (nSPS) is 21.6. The summed E-state index contributed by atoms with van der Waals surface area (Å²) in [7, 11) is -2.45. The third kappa shape index (κ3) is 4.93. The Morgan fingerprint density at radius 2 is 1.14 bits per heavy atom. The van der Waals surface area contributed by atoms with E-state index in [0.717, 1.165) is 0 Å². The largest absolute Gasteiger partial charge is 0.374 e. The molecule has 0 amide bonds. The first-order valence-electron chi connectivity index (χ1n) is 9.34. The Hall–Kier alpha value is 0.394. The van der Waals surface area contributed by atoms with Crippen LogP contribution in [-0.2, 0) is 4.74 Å². The van der Waals surface area contributed by atoms with Gasteiger partial charge in [0.1, 0.15) is 0 Å². The van der Waals surface area contributed by atoms with Gasteiger partial charge in [-0.2, -0.15) is 0 Å². The molecule has 126 valence electrons. The Morgan fingerprint density at radius 1 is 0.714 bits per heavy atom. The van der Waals surface area contributed by atoms with Gasteiger partial charge in [0.05, 0.1) is 27.1 Å². The third-order valence-corrected chi connectivity index (χ3v) is 15.1. The van der Waals surface area contributed by atoms with Crippen LogP contribution in [0.25, 0.3) is 0 Å². The summed E-state index contributed by atoms with van der Waals surface area (Å²) in [6.07, 6.45) is 13.3. The molecule has 0 spiro atoms. The molecule has 1 fully saturated rings. The molecule has 1 aliphatic rings. The van der Waals surface area contributed by atoms with Gasteiger partial charge in [0, 0.05) is 0 Å². The smallest absolute Gasteiger partial charge is 0.0817 e. The highest BCUT2D eigenvalue weighted by molar-refractivity contribution is 6.99. The second kappa shape index (κ2) is 7.78. The number of ether oxygens (including phenoxy) is 1. The molecule has 1 saturated heterocycles. The van der Waals surface area contributed by atoms with Gasteiger partial charge in [-0.15, -0.1) is 0 Å². The van der Waals surface area contributed by atoms with Crippen LogP contribution in [0.2, 0.25) is 39.3 Å². The highest BCUT2D eigenvalue weighted by Gasteiger charge is 2.69. The first-order chi connectivity index (χ1) is 9.67. The topological polar surface area (TPSA) is 12.5 Å². The third-order valence-electron chi connectivity index (χ3n) is 5.27. The van der Waals surface area contributed by atoms with E-state index < -0.39 is 16.1 Å². The Labute approximate surface area is 136 Å². The lowest BCUT2D eigenvalue weighted by Crippen LogP contribution is -2.59. The molecule has 0 saturated carbocycles. The number of unbranched alkanes of at least 4 members (excludes halogenated alkanes) is 7. The molecule has 1 rings (SSSR count). The zero-order valence-corrected chi connectivity index (χ0v) is 17.8. The van der Waals surface area contributed by atoms with Gasteiger partial charge in [0.2, 0.25) is 0 Å². The fourth-order valence-corrected chi connectivity index (χ4v) is 16.6. The fourth-order valence-electron chi connectivity index (χ4n) is 4.36. The number of hydrogen-bond acceptors (Lipinski definition) is 1. The lowest BCUT2D eigenvalue weighted by atomic mass is 10.1. The minimum atomic E-state index is -1.22. The van der Waals surface area contributed by atoms with E-state index in [1.165, 1.54) is 57.8 Å². The first-order valence-corrected chi connectivity index (χ1v) is 16.3. The molecule has 1 heterocycles. The van der Waals surface area contributed by atoms with Crippen molar-refractivity contribution in [2.24, 2.45) is 0 Å². The summed E-state index contributed by atoms with van der Waals surface area (Å²) in [4.78, 5) is 0.362. The molecule has 1 nitrogen and oxygen atoms in total. The van der Waals surface area contributed by atoms with Crippen LogP contribution in [0.3, 0.4) is 0 Å². The molecule has 21 heavy (non-hydrogen) atoms. The van der Waals surface area contributed by atoms with Gasteiger partial charge < -0.3 is 4.74 Å². The Balaban J connectivity index is 2.23. The van der Waals surface area contributed by atoms with Crippen LogP contribution < -0.4 is 0 Å². The van der Waals surface area contributed by atoms with E-state index in [-0.39, 0.29) is 0 Å². The minimum absolute atomic E-state index is 0.362. The van der Waals surface area contributed by atoms with E-state index in [4.69, 9.17) is 4.74 Å². The van der Waals surface area contributed by atoms with E-state index in [9.17, 15) is 0 Å². The molecular formula is C18H40OSi2. The zero-order valence-electron chi connectivity index (χ0n) is 15.8. The molecule has 0 aliphatic carbocycles. The van der Waals surface area contributed by atoms with Crippen LogP contribution in [0, 0.1) is 0 Å². The van der Waals surface area contributed by atoms with E-state index in [0.29, 0.717) is 11.0 Å². The number of rotatable bonds is 11. The van der Waals surface area contributed by atoms with Crippen molar-refractivity contribution in [2.45, 2.75) is 115 Å². The van der Waals surface area contributed by atoms with E-state index in [2.05, 4.69) is 46.2 Å². The molecule has 1 aliphatic heterocycles. The molecule has 0 radical (unpaired) electrons. The summed E-state index contributed by atoms with van der Waals surface area (Å²) >= 11 is 0. The first kappa shape index (κ1) is 19.4. The van der Waals surface area contributed by atoms with Gasteiger partial charge in [-0.3, -0.25) is 0 Å². The highest BCUT2D eigenvalue weighted by atomic mass is 28.4. The van der Waals surface area contributed by atoms with Crippen molar-refractivity contribution < 1.29 is 4.74 Å². The van der Waals surface area contributed by atoms with Crippen molar-refractivity contribution in [3.05, 3.63) is 0 Å². The summed E-state index contributed by atoms with van der Waals surface area (Å²) in [5.41, 5.74) is 0. The van der Waals surface area contributed by atoms with Crippen molar-refractivity contribution in [3.8, 4) is 0 Å². The van der Waals surface area contributed by atoms with Crippen molar-refractivity contribution in [3.63, 3.8) is 0 Å². The van der Waals surface area contributed by atoms with Gasteiger partial charge in [0.25, 0.3) is 0 Å². The van der Waals surface area contributed by atoms with E-state index in [1.807, 2.05) is 0 Å². The zero-order chi connectivity index (χ0) is 16.1. The summed E-state index contributed by atoms with van der Waals surface area (Å²) in [5.74, 6) is 0. The van der Waals surface area contributed by atoms with Gasteiger partial charge in [-0.25, -0.2) is 0 Å². The minimum Gasteiger partial charge on any atom is -0.374 e. The predicted molar refractivity (Wildman–Crippen MR) is 102 cm³/mol. The summed E-state index contributed by atoms with van der Waals surface area (Å²) in [6.45, 7) is 17.4. The maximum atomic E-state index is 6.42. The lowest BCUT2D eigenvalue weighted by Gasteiger charge is -2.36. The van der Waals surface area contributed by atoms with Crippen molar-refractivity contribution >= 4 is 16.1 Å². The van der Waals surface area contributed by atoms with Crippen LogP contribution in [0.1, 0.15) is 64.7 Å². The van der Waals surface area contributed by atoms with Crippen molar-refractivity contribution in [1.29, 1.82) is 0 Å². The Bertz CT molecular complexity index is 287. The molecule has 0 aromatic heterocycles. The quantitative estimate of drug-likeness (QED) is 0.242. The molecule has 0 aromatic rings. The second-order valence-corrected chi connectivity index (χ2v) is 20.1. The molecular weight excluding hydrogens is 288 g/mol. The van der Waals surface area contributed by atoms with Gasteiger partial charge in [-0.05, 0) is 6.42 Å². The summed E-state index contributed by atoms with van der Waals surface area (Å²) in [6, 6.07) is 0. The molecule has 0 bridgehead atoms. The molecule has 0 aromatic carbocycles. The van der Waals surface area contributed by atoms with Crippen LogP contribution >= 0.6 is 0 Å². The van der Waals surface area contributed by atoms with Crippen LogP contribution in [-0.4, -0.2) is 27.1 Å². The highest BCUT2D eigenvalue weighted by Crippen LogP contribution is 2.52. The SMILES string of the molecule is CCCCCCCCCC[C@H]1OC1([Si](C)(C)C)[Si](C)(C)C. The van der Waals surface area contributed by atoms with Crippen LogP contribution in [0.5, 0.6) is 0 Å². The van der Waals surface area contributed by atoms with Crippen molar-refractivity contribution in [2.75, 3.05) is 0 Å². The fraction of sp³-hybridized carbons (Fsp3) is 1.00.